The molecule has 178 valence electrons. The summed E-state index contributed by atoms with van der Waals surface area (Å²) in [5.41, 5.74) is 1.45. The second-order valence-corrected chi connectivity index (χ2v) is 7.13. The van der Waals surface area contributed by atoms with E-state index in [4.69, 9.17) is 19.0 Å². The Morgan fingerprint density at radius 3 is 2.24 bits per heavy atom. The van der Waals surface area contributed by atoms with Gasteiger partial charge in [-0.15, -0.1) is 0 Å². The third-order valence-corrected chi connectivity index (χ3v) is 4.79. The Bertz CT molecular complexity index is 1170. The molecular formula is C25H22F3NO5. The van der Waals surface area contributed by atoms with Gasteiger partial charge < -0.3 is 19.0 Å². The van der Waals surface area contributed by atoms with E-state index in [2.05, 4.69) is 5.16 Å². The monoisotopic (exact) mass is 473 g/mol. The first-order valence-electron chi connectivity index (χ1n) is 10.1. The molecule has 0 unspecified atom stereocenters. The molecule has 3 aromatic rings. The zero-order valence-corrected chi connectivity index (χ0v) is 18.7. The summed E-state index contributed by atoms with van der Waals surface area (Å²) in [6.45, 7) is 1.87. The molecule has 0 aliphatic rings. The summed E-state index contributed by atoms with van der Waals surface area (Å²) >= 11 is 0. The fourth-order valence-electron chi connectivity index (χ4n) is 2.98. The maximum Gasteiger partial charge on any atom is 0.416 e. The van der Waals surface area contributed by atoms with Crippen LogP contribution in [0, 0.1) is 0 Å². The van der Waals surface area contributed by atoms with Gasteiger partial charge in [-0.2, -0.15) is 13.2 Å². The van der Waals surface area contributed by atoms with Crippen molar-refractivity contribution in [2.45, 2.75) is 19.7 Å². The van der Waals surface area contributed by atoms with Crippen molar-refractivity contribution in [1.82, 2.24) is 0 Å². The summed E-state index contributed by atoms with van der Waals surface area (Å²) in [6.07, 6.45) is -4.46. The van der Waals surface area contributed by atoms with Crippen molar-refractivity contribution >= 4 is 11.7 Å². The van der Waals surface area contributed by atoms with E-state index in [1.807, 2.05) is 6.07 Å². The van der Waals surface area contributed by atoms with Gasteiger partial charge in [0.1, 0.15) is 12.4 Å². The summed E-state index contributed by atoms with van der Waals surface area (Å²) in [6, 6.07) is 15.8. The molecule has 3 rings (SSSR count). The number of esters is 1. The third kappa shape index (κ3) is 6.28. The zero-order valence-electron chi connectivity index (χ0n) is 18.7. The van der Waals surface area contributed by atoms with Crippen LogP contribution in [-0.4, -0.2) is 25.9 Å². The van der Waals surface area contributed by atoms with E-state index >= 15 is 0 Å². The minimum absolute atomic E-state index is 0.00907. The smallest absolute Gasteiger partial charge is 0.416 e. The van der Waals surface area contributed by atoms with Gasteiger partial charge in [-0.25, -0.2) is 4.79 Å². The minimum Gasteiger partial charge on any atom is -0.493 e. The normalized spacial score (nSPS) is 11.6. The second-order valence-electron chi connectivity index (χ2n) is 7.13. The number of ether oxygens (including phenoxy) is 3. The van der Waals surface area contributed by atoms with Crippen LogP contribution in [0.2, 0.25) is 0 Å². The lowest BCUT2D eigenvalue weighted by molar-refractivity contribution is -0.137. The van der Waals surface area contributed by atoms with Crippen LogP contribution in [0.3, 0.4) is 0 Å². The zero-order chi connectivity index (χ0) is 24.7. The van der Waals surface area contributed by atoms with Crippen LogP contribution in [0.5, 0.6) is 17.2 Å². The van der Waals surface area contributed by atoms with Crippen LogP contribution in [0.1, 0.15) is 34.0 Å². The number of nitrogens with zero attached hydrogens (tertiary/aromatic N) is 1. The molecule has 9 heteroatoms. The van der Waals surface area contributed by atoms with Gasteiger partial charge in [0.2, 0.25) is 0 Å². The van der Waals surface area contributed by atoms with E-state index in [0.29, 0.717) is 22.8 Å². The fourth-order valence-corrected chi connectivity index (χ4v) is 2.98. The number of methoxy groups -OCH3 is 2. The van der Waals surface area contributed by atoms with Gasteiger partial charge in [0, 0.05) is 5.56 Å². The van der Waals surface area contributed by atoms with Gasteiger partial charge in [-0.1, -0.05) is 17.3 Å². The van der Waals surface area contributed by atoms with E-state index in [1.54, 1.807) is 51.5 Å². The maximum atomic E-state index is 12.7. The highest BCUT2D eigenvalue weighted by atomic mass is 19.4. The second kappa shape index (κ2) is 10.7. The number of benzene rings is 3. The number of carbonyl (C=O) groups excluding carboxylic acids is 1. The Morgan fingerprint density at radius 2 is 1.59 bits per heavy atom. The topological polar surface area (TPSA) is 66.4 Å². The van der Waals surface area contributed by atoms with Crippen molar-refractivity contribution in [2.24, 2.45) is 5.16 Å². The maximum absolute atomic E-state index is 12.7. The molecule has 0 fully saturated rings. The van der Waals surface area contributed by atoms with Crippen LogP contribution in [-0.2, 0) is 17.6 Å². The van der Waals surface area contributed by atoms with Crippen molar-refractivity contribution in [3.05, 3.63) is 89.0 Å². The summed E-state index contributed by atoms with van der Waals surface area (Å²) in [5, 5.41) is 4.10. The average molecular weight is 473 g/mol. The van der Waals surface area contributed by atoms with Crippen LogP contribution < -0.4 is 14.2 Å². The Balaban J connectivity index is 1.62. The van der Waals surface area contributed by atoms with Gasteiger partial charge in [0.25, 0.3) is 0 Å². The van der Waals surface area contributed by atoms with Gasteiger partial charge in [-0.3, -0.25) is 0 Å². The molecular weight excluding hydrogens is 451 g/mol. The first-order valence-corrected chi connectivity index (χ1v) is 10.1. The number of hydrogen-bond acceptors (Lipinski definition) is 6. The van der Waals surface area contributed by atoms with Crippen molar-refractivity contribution in [3.8, 4) is 17.2 Å². The van der Waals surface area contributed by atoms with Gasteiger partial charge in [-0.05, 0) is 67.1 Å². The van der Waals surface area contributed by atoms with Gasteiger partial charge in [0.15, 0.2) is 11.5 Å². The largest absolute Gasteiger partial charge is 0.493 e. The molecule has 0 aliphatic carbocycles. The molecule has 0 N–H and O–H groups in total. The van der Waals surface area contributed by atoms with E-state index in [1.165, 1.54) is 6.07 Å². The minimum atomic E-state index is -4.46. The summed E-state index contributed by atoms with van der Waals surface area (Å²) in [7, 11) is 3.09. The number of halogens is 3. The highest BCUT2D eigenvalue weighted by molar-refractivity contribution is 5.98. The molecule has 0 radical (unpaired) electrons. The summed E-state index contributed by atoms with van der Waals surface area (Å²) in [5.74, 6) is 0.468. The molecule has 0 amide bonds. The molecule has 0 saturated heterocycles. The van der Waals surface area contributed by atoms with E-state index in [-0.39, 0.29) is 17.9 Å². The molecule has 0 bridgehead atoms. The highest BCUT2D eigenvalue weighted by Gasteiger charge is 2.30. The van der Waals surface area contributed by atoms with Crippen molar-refractivity contribution < 1.29 is 37.0 Å². The Labute approximate surface area is 194 Å². The van der Waals surface area contributed by atoms with Crippen LogP contribution in [0.15, 0.2) is 71.9 Å². The van der Waals surface area contributed by atoms with Crippen LogP contribution >= 0.6 is 0 Å². The molecule has 0 atom stereocenters. The summed E-state index contributed by atoms with van der Waals surface area (Å²) < 4.78 is 53.7. The number of oxime groups is 1. The Hall–Kier alpha value is -4.01. The molecule has 6 nitrogen and oxygen atoms in total. The predicted molar refractivity (Wildman–Crippen MR) is 119 cm³/mol. The molecule has 0 aromatic heterocycles. The average Bonchev–Trinajstić information content (AvgIpc) is 2.83. The molecule has 0 aliphatic heterocycles. The predicted octanol–water partition coefficient (Wildman–Crippen LogP) is 5.88. The van der Waals surface area contributed by atoms with E-state index < -0.39 is 17.7 Å². The molecule has 0 heterocycles. The van der Waals surface area contributed by atoms with Gasteiger partial charge in [0.05, 0.1) is 31.1 Å². The first kappa shape index (κ1) is 24.6. The SMILES string of the molecule is COc1ccc(C(C)=NOCc2cccc(C(=O)Oc3ccc(C(F)(F)F)cc3)c2)cc1OC. The Morgan fingerprint density at radius 1 is 0.882 bits per heavy atom. The first-order chi connectivity index (χ1) is 16.2. The van der Waals surface area contributed by atoms with Crippen LogP contribution in [0.25, 0.3) is 0 Å². The quantitative estimate of drug-likeness (QED) is 0.177. The van der Waals surface area contributed by atoms with E-state index in [0.717, 1.165) is 29.8 Å². The standard InChI is InChI=1S/C25H22F3NO5/c1-16(18-7-12-22(31-2)23(14-18)32-3)29-33-15-17-5-4-6-19(13-17)24(30)34-21-10-8-20(9-11-21)25(26,27)28/h4-14H,15H2,1-3H3. The lowest BCUT2D eigenvalue weighted by atomic mass is 10.1. The lowest BCUT2D eigenvalue weighted by Crippen LogP contribution is -2.10. The number of carbonyl (C=O) groups is 1. The van der Waals surface area contributed by atoms with E-state index in [9.17, 15) is 18.0 Å². The number of hydrogen-bond donors (Lipinski definition) is 0. The number of rotatable bonds is 8. The van der Waals surface area contributed by atoms with Crippen LogP contribution in [0.4, 0.5) is 13.2 Å². The molecule has 34 heavy (non-hydrogen) atoms. The van der Waals surface area contributed by atoms with Crippen molar-refractivity contribution in [2.75, 3.05) is 14.2 Å². The highest BCUT2D eigenvalue weighted by Crippen LogP contribution is 2.30. The fraction of sp³-hybridized carbons (Fsp3) is 0.200. The van der Waals surface area contributed by atoms with Gasteiger partial charge >= 0.3 is 12.1 Å². The molecule has 0 saturated carbocycles. The van der Waals surface area contributed by atoms with Crippen molar-refractivity contribution in [3.63, 3.8) is 0 Å². The third-order valence-electron chi connectivity index (χ3n) is 4.79. The number of alkyl halides is 3. The lowest BCUT2D eigenvalue weighted by Gasteiger charge is -2.10. The molecule has 0 spiro atoms. The molecule has 3 aromatic carbocycles. The Kier molecular flexibility index (Phi) is 7.78. The summed E-state index contributed by atoms with van der Waals surface area (Å²) in [4.78, 5) is 17.8. The van der Waals surface area contributed by atoms with Crippen molar-refractivity contribution in [1.29, 1.82) is 0 Å².